The summed E-state index contributed by atoms with van der Waals surface area (Å²) in [6.07, 6.45) is 1.19. The van der Waals surface area contributed by atoms with Gasteiger partial charge in [-0.25, -0.2) is 4.39 Å². The molecule has 118 valence electrons. The summed E-state index contributed by atoms with van der Waals surface area (Å²) >= 11 is 0. The van der Waals surface area contributed by atoms with E-state index in [0.29, 0.717) is 36.1 Å². The molecule has 2 rings (SSSR count). The summed E-state index contributed by atoms with van der Waals surface area (Å²) in [5, 5.41) is 14.3. The third-order valence-corrected chi connectivity index (χ3v) is 4.25. The van der Waals surface area contributed by atoms with Gasteiger partial charge >= 0.3 is 0 Å². The van der Waals surface area contributed by atoms with Crippen LogP contribution in [0.3, 0.4) is 0 Å². The van der Waals surface area contributed by atoms with Crippen molar-refractivity contribution < 1.29 is 14.2 Å². The average molecular weight is 295 g/mol. The lowest BCUT2D eigenvalue weighted by atomic mass is 9.89. The number of aliphatic hydroxyl groups is 1. The Morgan fingerprint density at radius 3 is 2.24 bits per heavy atom. The van der Waals surface area contributed by atoms with E-state index in [2.05, 4.69) is 5.32 Å². The molecule has 2 atom stereocenters. The number of morpholine rings is 1. The monoisotopic (exact) mass is 295 g/mol. The fourth-order valence-corrected chi connectivity index (χ4v) is 2.95. The van der Waals surface area contributed by atoms with Gasteiger partial charge in [0.25, 0.3) is 0 Å². The lowest BCUT2D eigenvalue weighted by Gasteiger charge is -2.46. The summed E-state index contributed by atoms with van der Waals surface area (Å²) in [5.74, 6) is -1.58. The summed E-state index contributed by atoms with van der Waals surface area (Å²) < 4.78 is 20.0. The molecule has 0 spiro atoms. The van der Waals surface area contributed by atoms with Gasteiger partial charge in [-0.3, -0.25) is 0 Å². The van der Waals surface area contributed by atoms with E-state index < -0.39 is 5.79 Å². The normalized spacial score (nSPS) is 28.6. The second-order valence-electron chi connectivity index (χ2n) is 6.55. The molecular weight excluding hydrogens is 269 g/mol. The van der Waals surface area contributed by atoms with Gasteiger partial charge in [0.2, 0.25) is 5.79 Å². The van der Waals surface area contributed by atoms with E-state index in [9.17, 15) is 9.50 Å². The standard InChI is InChI=1S/C17H26FNO2/c1-6-12-8-14(9-13(7-2)15(12)18)17(20)11(3)19-16(4,5)10-21-17/h8-9,11,19-20H,6-7,10H2,1-5H3. The Balaban J connectivity index is 2.45. The van der Waals surface area contributed by atoms with E-state index in [1.165, 1.54) is 0 Å². The van der Waals surface area contributed by atoms with Crippen molar-refractivity contribution in [2.24, 2.45) is 0 Å². The van der Waals surface area contributed by atoms with Crippen LogP contribution in [0.15, 0.2) is 12.1 Å². The molecule has 0 aromatic heterocycles. The largest absolute Gasteiger partial charge is 0.361 e. The van der Waals surface area contributed by atoms with Crippen LogP contribution in [0.1, 0.15) is 51.3 Å². The van der Waals surface area contributed by atoms with Gasteiger partial charge in [0, 0.05) is 11.1 Å². The quantitative estimate of drug-likeness (QED) is 0.901. The maximum absolute atomic E-state index is 14.2. The summed E-state index contributed by atoms with van der Waals surface area (Å²) in [4.78, 5) is 0. The Bertz CT molecular complexity index is 505. The van der Waals surface area contributed by atoms with Crippen molar-refractivity contribution in [3.8, 4) is 0 Å². The van der Waals surface area contributed by atoms with Gasteiger partial charge in [-0.15, -0.1) is 0 Å². The van der Waals surface area contributed by atoms with E-state index in [1.807, 2.05) is 34.6 Å². The maximum Gasteiger partial charge on any atom is 0.208 e. The fraction of sp³-hybridized carbons (Fsp3) is 0.647. The van der Waals surface area contributed by atoms with E-state index in [-0.39, 0.29) is 17.4 Å². The third kappa shape index (κ3) is 2.98. The van der Waals surface area contributed by atoms with E-state index in [4.69, 9.17) is 4.74 Å². The van der Waals surface area contributed by atoms with Gasteiger partial charge in [0.1, 0.15) is 5.82 Å². The molecule has 0 amide bonds. The van der Waals surface area contributed by atoms with Crippen molar-refractivity contribution in [2.45, 2.75) is 64.8 Å². The Morgan fingerprint density at radius 1 is 1.29 bits per heavy atom. The number of benzene rings is 1. The molecule has 0 radical (unpaired) electrons. The number of hydrogen-bond acceptors (Lipinski definition) is 3. The average Bonchev–Trinajstić information content (AvgIpc) is 2.43. The van der Waals surface area contributed by atoms with Crippen molar-refractivity contribution >= 4 is 0 Å². The predicted octanol–water partition coefficient (Wildman–Crippen LogP) is 2.88. The van der Waals surface area contributed by atoms with Crippen LogP contribution in [0.2, 0.25) is 0 Å². The Kier molecular flexibility index (Phi) is 4.43. The van der Waals surface area contributed by atoms with Gasteiger partial charge in [-0.05, 0) is 56.9 Å². The molecular formula is C17H26FNO2. The van der Waals surface area contributed by atoms with Crippen LogP contribution in [-0.2, 0) is 23.4 Å². The van der Waals surface area contributed by atoms with Gasteiger partial charge in [0.05, 0.1) is 12.6 Å². The van der Waals surface area contributed by atoms with Crippen molar-refractivity contribution in [2.75, 3.05) is 6.61 Å². The number of aryl methyl sites for hydroxylation is 2. The number of ether oxygens (including phenoxy) is 1. The molecule has 1 saturated heterocycles. The third-order valence-electron chi connectivity index (χ3n) is 4.25. The summed E-state index contributed by atoms with van der Waals surface area (Å²) in [6, 6.07) is 3.18. The molecule has 21 heavy (non-hydrogen) atoms. The molecule has 1 aliphatic rings. The molecule has 4 heteroatoms. The Labute approximate surface area is 126 Å². The van der Waals surface area contributed by atoms with Crippen LogP contribution in [0.25, 0.3) is 0 Å². The van der Waals surface area contributed by atoms with Crippen LogP contribution in [0.4, 0.5) is 4.39 Å². The van der Waals surface area contributed by atoms with Crippen LogP contribution < -0.4 is 5.32 Å². The SMILES string of the molecule is CCc1cc(C2(O)OCC(C)(C)NC2C)cc(CC)c1F. The smallest absolute Gasteiger partial charge is 0.208 e. The maximum atomic E-state index is 14.2. The molecule has 1 aliphatic heterocycles. The highest BCUT2D eigenvalue weighted by molar-refractivity contribution is 5.35. The van der Waals surface area contributed by atoms with Gasteiger partial charge < -0.3 is 15.2 Å². The lowest BCUT2D eigenvalue weighted by molar-refractivity contribution is -0.263. The van der Waals surface area contributed by atoms with Crippen molar-refractivity contribution in [1.82, 2.24) is 5.32 Å². The first-order chi connectivity index (χ1) is 9.73. The van der Waals surface area contributed by atoms with Crippen molar-refractivity contribution in [3.05, 3.63) is 34.6 Å². The molecule has 0 bridgehead atoms. The van der Waals surface area contributed by atoms with Crippen LogP contribution >= 0.6 is 0 Å². The highest BCUT2D eigenvalue weighted by atomic mass is 19.1. The molecule has 1 aromatic carbocycles. The predicted molar refractivity (Wildman–Crippen MR) is 81.7 cm³/mol. The van der Waals surface area contributed by atoms with Crippen LogP contribution in [-0.4, -0.2) is 23.3 Å². The van der Waals surface area contributed by atoms with E-state index in [0.717, 1.165) is 0 Å². The second kappa shape index (κ2) is 5.67. The van der Waals surface area contributed by atoms with Crippen molar-refractivity contribution in [1.29, 1.82) is 0 Å². The number of hydrogen-bond donors (Lipinski definition) is 2. The number of nitrogens with one attached hydrogen (secondary N) is 1. The molecule has 0 aliphatic carbocycles. The Hall–Kier alpha value is -0.970. The number of rotatable bonds is 3. The zero-order chi connectivity index (χ0) is 15.8. The lowest BCUT2D eigenvalue weighted by Crippen LogP contribution is -2.63. The van der Waals surface area contributed by atoms with Gasteiger partial charge in [-0.2, -0.15) is 0 Å². The van der Waals surface area contributed by atoms with E-state index >= 15 is 0 Å². The van der Waals surface area contributed by atoms with Gasteiger partial charge in [0.15, 0.2) is 0 Å². The Morgan fingerprint density at radius 2 is 1.81 bits per heavy atom. The zero-order valence-electron chi connectivity index (χ0n) is 13.6. The molecule has 1 heterocycles. The first-order valence-electron chi connectivity index (χ1n) is 7.69. The second-order valence-corrected chi connectivity index (χ2v) is 6.55. The summed E-state index contributed by atoms with van der Waals surface area (Å²) in [6.45, 7) is 10.2. The minimum atomic E-state index is -1.42. The van der Waals surface area contributed by atoms with Crippen molar-refractivity contribution in [3.63, 3.8) is 0 Å². The van der Waals surface area contributed by atoms with Gasteiger partial charge in [-0.1, -0.05) is 13.8 Å². The summed E-state index contributed by atoms with van der Waals surface area (Å²) in [7, 11) is 0. The zero-order valence-corrected chi connectivity index (χ0v) is 13.6. The highest BCUT2D eigenvalue weighted by Crippen LogP contribution is 2.34. The molecule has 3 nitrogen and oxygen atoms in total. The molecule has 1 aromatic rings. The topological polar surface area (TPSA) is 41.5 Å². The van der Waals surface area contributed by atoms with Crippen LogP contribution in [0.5, 0.6) is 0 Å². The first kappa shape index (κ1) is 16.4. The molecule has 2 N–H and O–H groups in total. The van der Waals surface area contributed by atoms with Crippen LogP contribution in [0, 0.1) is 5.82 Å². The molecule has 1 fully saturated rings. The van der Waals surface area contributed by atoms with E-state index in [1.54, 1.807) is 12.1 Å². The fourth-order valence-electron chi connectivity index (χ4n) is 2.95. The highest BCUT2D eigenvalue weighted by Gasteiger charge is 2.45. The summed E-state index contributed by atoms with van der Waals surface area (Å²) in [5.41, 5.74) is 1.69. The minimum Gasteiger partial charge on any atom is -0.361 e. The first-order valence-corrected chi connectivity index (χ1v) is 7.69. The molecule has 0 saturated carbocycles. The number of halogens is 1. The minimum absolute atomic E-state index is 0.163. The molecule has 2 unspecified atom stereocenters.